The molecular formula is C135H152N4O7. The highest BCUT2D eigenvalue weighted by atomic mass is 16.5. The topological polar surface area (TPSA) is 117 Å². The van der Waals surface area contributed by atoms with E-state index < -0.39 is 0 Å². The monoisotopic (exact) mass is 1940 g/mol. The zero-order chi connectivity index (χ0) is 105. The summed E-state index contributed by atoms with van der Waals surface area (Å²) < 4.78 is 11.8. The normalized spacial score (nSPS) is 11.4. The SMILES string of the molecule is CC(C)COc1ccc(N(c2ccc(OCC(C)C)cc2)c2ccc(C(C)C)cc2)cc1.CC(C)c1ccc(N(c2ccc(C(=O)c3ccc(C(C)(C)C)cc3)cc2)c2ccc(C(=O)c3ccc(C(C)(C)C)cc3)cc2)cc1.CC(C)c1ccc(N(c2ccccc2)c2ccc(C(=O)c3ccc(C(C)(C)C)cc3)cc2)cc1.CCCCC(=O)c1ccc(N(c2ccc(C(=O)CCCC)cc2)c2ccc(C(C)C)cc2)cc1. The van der Waals surface area contributed by atoms with E-state index in [0.717, 1.165) is 130 Å². The zero-order valence-corrected chi connectivity index (χ0v) is 90.5. The fraction of sp³-hybridized carbons (Fsp3) is 0.296. The maximum Gasteiger partial charge on any atom is 0.193 e. The van der Waals surface area contributed by atoms with Crippen LogP contribution in [-0.4, -0.2) is 42.1 Å². The van der Waals surface area contributed by atoms with Crippen molar-refractivity contribution in [2.24, 2.45) is 11.8 Å². The Kier molecular flexibility index (Phi) is 38.7. The van der Waals surface area contributed by atoms with Crippen LogP contribution in [0.3, 0.4) is 0 Å². The minimum atomic E-state index is -0.00163. The van der Waals surface area contributed by atoms with Crippen molar-refractivity contribution in [1.29, 1.82) is 0 Å². The van der Waals surface area contributed by atoms with Crippen LogP contribution in [0.15, 0.2) is 370 Å². The summed E-state index contributed by atoms with van der Waals surface area (Å²) in [6.07, 6.45) is 5.03. The standard InChI is InChI=1S/C43H45NO2.C32H33NO.C31H37NO2.C29H37NO2/c1-29(2)30-13-23-37(24-14-30)44(38-25-15-33(16-26-38)40(45)31-9-19-35(20-10-31)42(3,4)5)39-27-17-34(18-28-39)41(46)32-11-21-36(22-12-32)43(6,7)8;1-23(2)24-13-19-29(20-14-24)33(28-9-7-6-8-10-28)30-21-15-26(16-22-30)31(34)25-11-17-27(18-12-25)32(3,4)5;1-5-7-9-30(33)25-13-19-28(20-14-25)32(27-17-11-24(12-18-27)23(3)4)29-21-15-26(16-22-29)31(34)10-8-6-2;1-21(2)19-31-28-15-11-26(12-16-28)30(25-9-7-24(8-10-25)23(5)6)27-13-17-29(18-14-27)32-20-22(3)4/h9-29H,1-8H3;6-23H,1-5H3;11-23H,5-10H2,1-4H3;7-18,21-23H,19-20H2,1-6H3. The summed E-state index contributed by atoms with van der Waals surface area (Å²) in [5, 5.41) is 0. The lowest BCUT2D eigenvalue weighted by molar-refractivity contribution is 0.0972. The van der Waals surface area contributed by atoms with Crippen LogP contribution < -0.4 is 29.1 Å². The summed E-state index contributed by atoms with van der Waals surface area (Å²) in [4.78, 5) is 73.6. The van der Waals surface area contributed by atoms with E-state index in [-0.39, 0.29) is 45.2 Å². The van der Waals surface area contributed by atoms with E-state index in [1.807, 2.05) is 224 Å². The number of benzene rings is 15. The van der Waals surface area contributed by atoms with Crippen molar-refractivity contribution in [2.75, 3.05) is 32.8 Å². The lowest BCUT2D eigenvalue weighted by Gasteiger charge is -2.26. The molecule has 0 amide bonds. The summed E-state index contributed by atoms with van der Waals surface area (Å²) in [6.45, 7) is 51.4. The molecule has 0 aliphatic rings. The fourth-order valence-corrected chi connectivity index (χ4v) is 17.0. The lowest BCUT2D eigenvalue weighted by Crippen LogP contribution is -2.12. The lowest BCUT2D eigenvalue weighted by atomic mass is 9.86. The predicted molar refractivity (Wildman–Crippen MR) is 615 cm³/mol. The molecule has 0 saturated carbocycles. The van der Waals surface area contributed by atoms with E-state index in [0.29, 0.717) is 81.7 Å². The number of carbonyl (C=O) groups is 5. The fourth-order valence-electron chi connectivity index (χ4n) is 17.0. The summed E-state index contributed by atoms with van der Waals surface area (Å²) in [6, 6.07) is 125. The van der Waals surface area contributed by atoms with E-state index in [1.54, 1.807) is 0 Å². The number of para-hydroxylation sites is 1. The average Bonchev–Trinajstić information content (AvgIpc) is 0.779. The Balaban J connectivity index is 0.000000175. The number of carbonyl (C=O) groups excluding carboxylic acids is 5. The molecule has 15 aromatic rings. The minimum Gasteiger partial charge on any atom is -0.493 e. The van der Waals surface area contributed by atoms with Crippen LogP contribution in [0.1, 0.15) is 329 Å². The van der Waals surface area contributed by atoms with Gasteiger partial charge in [-0.15, -0.1) is 0 Å². The summed E-state index contributed by atoms with van der Waals surface area (Å²) >= 11 is 0. The van der Waals surface area contributed by atoms with Crippen LogP contribution in [0.2, 0.25) is 0 Å². The number of hydrogen-bond donors (Lipinski definition) is 0. The van der Waals surface area contributed by atoms with Gasteiger partial charge in [0, 0.05) is 126 Å². The quantitative estimate of drug-likeness (QED) is 0.0349. The predicted octanol–water partition coefficient (Wildman–Crippen LogP) is 37.5. The molecule has 754 valence electrons. The van der Waals surface area contributed by atoms with Crippen LogP contribution in [0, 0.1) is 11.8 Å². The van der Waals surface area contributed by atoms with Crippen LogP contribution >= 0.6 is 0 Å². The van der Waals surface area contributed by atoms with Gasteiger partial charge in [-0.2, -0.15) is 0 Å². The number of ketones is 5. The highest BCUT2D eigenvalue weighted by Crippen LogP contribution is 2.43. The molecule has 11 heteroatoms. The number of unbranched alkanes of at least 4 members (excludes halogenated alkanes) is 2. The van der Waals surface area contributed by atoms with Gasteiger partial charge in [0.1, 0.15) is 11.5 Å². The molecular weight excluding hydrogens is 1790 g/mol. The molecule has 15 rings (SSSR count). The first-order valence-corrected chi connectivity index (χ1v) is 52.4. The van der Waals surface area contributed by atoms with Gasteiger partial charge in [-0.25, -0.2) is 0 Å². The first kappa shape index (κ1) is 110. The van der Waals surface area contributed by atoms with E-state index in [2.05, 4.69) is 324 Å². The van der Waals surface area contributed by atoms with Gasteiger partial charge in [0.15, 0.2) is 28.9 Å². The Labute approximate surface area is 872 Å². The number of Topliss-reactive ketones (excluding diaryl/α,β-unsaturated/α-hetero) is 2. The average molecular weight is 1940 g/mol. The second kappa shape index (κ2) is 51.3. The Morgan fingerprint density at radius 1 is 0.219 bits per heavy atom. The molecule has 0 aromatic heterocycles. The molecule has 0 saturated heterocycles. The molecule has 11 nitrogen and oxygen atoms in total. The summed E-state index contributed by atoms with van der Waals surface area (Å²) in [7, 11) is 0. The molecule has 0 fully saturated rings. The molecule has 0 radical (unpaired) electrons. The molecule has 0 aliphatic carbocycles. The first-order valence-electron chi connectivity index (χ1n) is 52.4. The van der Waals surface area contributed by atoms with E-state index >= 15 is 0 Å². The number of nitrogens with zero attached hydrogens (tertiary/aromatic N) is 4. The van der Waals surface area contributed by atoms with Crippen molar-refractivity contribution >= 4 is 97.2 Å². The summed E-state index contributed by atoms with van der Waals surface area (Å²) in [5.41, 5.74) is 26.8. The van der Waals surface area contributed by atoms with E-state index in [4.69, 9.17) is 9.47 Å². The third kappa shape index (κ3) is 30.3. The van der Waals surface area contributed by atoms with Crippen molar-refractivity contribution in [2.45, 2.75) is 238 Å². The molecule has 0 heterocycles. The van der Waals surface area contributed by atoms with Crippen LogP contribution in [0.25, 0.3) is 0 Å². The Morgan fingerprint density at radius 3 is 0.568 bits per heavy atom. The zero-order valence-electron chi connectivity index (χ0n) is 90.5. The van der Waals surface area contributed by atoms with E-state index in [9.17, 15) is 24.0 Å². The van der Waals surface area contributed by atoms with Gasteiger partial charge in [0.05, 0.1) is 13.2 Å². The maximum atomic E-state index is 13.4. The number of anilines is 12. The third-order valence-electron chi connectivity index (χ3n) is 26.3. The highest BCUT2D eigenvalue weighted by Gasteiger charge is 2.25. The molecule has 0 atom stereocenters. The molecule has 0 unspecified atom stereocenters. The Hall–Kier alpha value is -14.6. The number of hydrogen-bond acceptors (Lipinski definition) is 11. The minimum absolute atomic E-state index is 0.00163. The van der Waals surface area contributed by atoms with Gasteiger partial charge < -0.3 is 29.1 Å². The third-order valence-corrected chi connectivity index (χ3v) is 26.3. The van der Waals surface area contributed by atoms with Crippen molar-refractivity contribution in [3.63, 3.8) is 0 Å². The number of ether oxygens (including phenoxy) is 2. The second-order valence-corrected chi connectivity index (χ2v) is 43.3. The van der Waals surface area contributed by atoms with Crippen molar-refractivity contribution in [1.82, 2.24) is 0 Å². The molecule has 15 aromatic carbocycles. The van der Waals surface area contributed by atoms with Crippen molar-refractivity contribution in [3.8, 4) is 11.5 Å². The van der Waals surface area contributed by atoms with Gasteiger partial charge in [-0.3, -0.25) is 24.0 Å². The highest BCUT2D eigenvalue weighted by molar-refractivity contribution is 6.11. The maximum absolute atomic E-state index is 13.4. The molecule has 146 heavy (non-hydrogen) atoms. The van der Waals surface area contributed by atoms with Gasteiger partial charge in [0.25, 0.3) is 0 Å². The Morgan fingerprint density at radius 2 is 0.390 bits per heavy atom. The van der Waals surface area contributed by atoms with Gasteiger partial charge in [0.2, 0.25) is 0 Å². The van der Waals surface area contributed by atoms with Crippen LogP contribution in [-0.2, 0) is 16.2 Å². The van der Waals surface area contributed by atoms with Crippen molar-refractivity contribution in [3.05, 3.63) is 454 Å². The number of rotatable bonds is 36. The first-order chi connectivity index (χ1) is 69.7. The van der Waals surface area contributed by atoms with Gasteiger partial charge in [-0.05, 0) is 334 Å². The van der Waals surface area contributed by atoms with Gasteiger partial charge >= 0.3 is 0 Å². The summed E-state index contributed by atoms with van der Waals surface area (Å²) in [5.74, 6) is 5.10. The van der Waals surface area contributed by atoms with Gasteiger partial charge in [-0.1, -0.05) is 312 Å². The smallest absolute Gasteiger partial charge is 0.193 e. The second-order valence-electron chi connectivity index (χ2n) is 43.3. The van der Waals surface area contributed by atoms with Crippen molar-refractivity contribution < 1.29 is 33.4 Å². The molecule has 0 spiro atoms. The Bertz CT molecular complexity index is 6420. The van der Waals surface area contributed by atoms with Crippen LogP contribution in [0.4, 0.5) is 68.2 Å². The molecule has 0 N–H and O–H groups in total. The molecule has 0 aliphatic heterocycles. The van der Waals surface area contributed by atoms with E-state index in [1.165, 1.54) is 38.9 Å². The molecule has 0 bridgehead atoms. The largest absolute Gasteiger partial charge is 0.493 e. The van der Waals surface area contributed by atoms with Crippen LogP contribution in [0.5, 0.6) is 11.5 Å².